The molecule has 1 N–H and O–H groups in total. The molecule has 4 aromatic rings. The molecule has 2 aliphatic rings. The van der Waals surface area contributed by atoms with Crippen molar-refractivity contribution in [2.24, 2.45) is 11.8 Å². The lowest BCUT2D eigenvalue weighted by molar-refractivity contribution is 0.0705. The van der Waals surface area contributed by atoms with Crippen LogP contribution in [-0.2, 0) is 0 Å². The molecule has 6 rings (SSSR count). The maximum absolute atomic E-state index is 13.7. The van der Waals surface area contributed by atoms with Gasteiger partial charge >= 0.3 is 6.09 Å². The van der Waals surface area contributed by atoms with E-state index in [1.807, 2.05) is 59.8 Å². The van der Waals surface area contributed by atoms with Crippen LogP contribution in [-0.4, -0.2) is 45.4 Å². The number of hydrogen-bond donors (Lipinski definition) is 1. The summed E-state index contributed by atoms with van der Waals surface area (Å²) in [5, 5.41) is 4.80. The summed E-state index contributed by atoms with van der Waals surface area (Å²) in [4.78, 5) is 33.5. The lowest BCUT2D eigenvalue weighted by atomic mass is 9.97. The van der Waals surface area contributed by atoms with E-state index in [0.717, 1.165) is 34.6 Å². The Morgan fingerprint density at radius 2 is 2.03 bits per heavy atom. The van der Waals surface area contributed by atoms with E-state index in [9.17, 15) is 9.59 Å². The number of ether oxygens (including phenoxy) is 1. The van der Waals surface area contributed by atoms with Gasteiger partial charge in [0.2, 0.25) is 5.88 Å². The summed E-state index contributed by atoms with van der Waals surface area (Å²) in [6.07, 6.45) is 2.40. The molecule has 35 heavy (non-hydrogen) atoms. The highest BCUT2D eigenvalue weighted by molar-refractivity contribution is 7.15. The molecule has 3 heterocycles. The third-order valence-electron chi connectivity index (χ3n) is 7.08. The lowest BCUT2D eigenvalue weighted by Gasteiger charge is -2.28. The van der Waals surface area contributed by atoms with Crippen LogP contribution in [0, 0.1) is 25.7 Å². The number of nitrogens with one attached hydrogen (secondary N) is 1. The van der Waals surface area contributed by atoms with Crippen molar-refractivity contribution in [3.05, 3.63) is 76.9 Å². The molecule has 1 saturated heterocycles. The number of imidazole rings is 1. The van der Waals surface area contributed by atoms with Gasteiger partial charge in [-0.2, -0.15) is 0 Å². The zero-order valence-corrected chi connectivity index (χ0v) is 20.4. The van der Waals surface area contributed by atoms with Crippen LogP contribution in [0.25, 0.3) is 16.1 Å². The van der Waals surface area contributed by atoms with Gasteiger partial charge in [-0.1, -0.05) is 48.0 Å². The Bertz CT molecular complexity index is 1440. The number of rotatable bonds is 5. The molecule has 7 nitrogen and oxygen atoms in total. The average molecular weight is 487 g/mol. The molecule has 0 spiro atoms. The quantitative estimate of drug-likeness (QED) is 0.434. The van der Waals surface area contributed by atoms with Gasteiger partial charge in [0.05, 0.1) is 6.04 Å². The van der Waals surface area contributed by atoms with E-state index in [1.54, 1.807) is 4.40 Å². The Labute approximate surface area is 207 Å². The standard InChI is InChI=1S/C27H26N4O3S/c1-16-6-5-7-18(12-16)20-8-3-4-9-21(20)24(32)31-15-19-13-22(19)23(31)14-28-27(33)34-25-17(2)29-26-30(25)10-11-35-26/h3-12,19,22-23H,13-15H2,1-2H3,(H,28,33)/t19-,22-,23+/m0/s1. The minimum absolute atomic E-state index is 0.0149. The molecule has 2 amide bonds. The van der Waals surface area contributed by atoms with Gasteiger partial charge in [-0.05, 0) is 49.3 Å². The number of nitrogens with zero attached hydrogens (tertiary/aromatic N) is 3. The number of thiazole rings is 1. The smallest absolute Gasteiger partial charge is 0.391 e. The predicted octanol–water partition coefficient (Wildman–Crippen LogP) is 4.93. The van der Waals surface area contributed by atoms with Crippen molar-refractivity contribution < 1.29 is 14.3 Å². The van der Waals surface area contributed by atoms with Crippen LogP contribution in [0.3, 0.4) is 0 Å². The molecule has 1 saturated carbocycles. The largest absolute Gasteiger partial charge is 0.414 e. The second kappa shape index (κ2) is 8.53. The van der Waals surface area contributed by atoms with E-state index in [4.69, 9.17) is 4.74 Å². The topological polar surface area (TPSA) is 75.9 Å². The molecule has 0 radical (unpaired) electrons. The summed E-state index contributed by atoms with van der Waals surface area (Å²) in [6.45, 7) is 4.96. The SMILES string of the molecule is Cc1cccc(-c2ccccc2C(=O)N2C[C@@H]3C[C@@H]3[C@H]2CNC(=O)Oc2c(C)nc3sccn23)c1. The number of aryl methyl sites for hydroxylation is 2. The van der Waals surface area contributed by atoms with Gasteiger partial charge in [-0.15, -0.1) is 11.3 Å². The highest BCUT2D eigenvalue weighted by Crippen LogP contribution is 2.50. The fraction of sp³-hybridized carbons (Fsp3) is 0.296. The zero-order chi connectivity index (χ0) is 24.1. The van der Waals surface area contributed by atoms with Crippen LogP contribution in [0.2, 0.25) is 0 Å². The van der Waals surface area contributed by atoms with Gasteiger partial charge in [-0.25, -0.2) is 9.78 Å². The van der Waals surface area contributed by atoms with E-state index in [2.05, 4.69) is 29.4 Å². The minimum atomic E-state index is -0.530. The summed E-state index contributed by atoms with van der Waals surface area (Å²) >= 11 is 1.49. The number of piperidine rings is 1. The molecular formula is C27H26N4O3S. The van der Waals surface area contributed by atoms with Gasteiger partial charge in [0.15, 0.2) is 4.96 Å². The van der Waals surface area contributed by atoms with E-state index < -0.39 is 6.09 Å². The monoisotopic (exact) mass is 486 g/mol. The normalized spacial score (nSPS) is 20.6. The number of hydrogen-bond acceptors (Lipinski definition) is 5. The summed E-state index contributed by atoms with van der Waals surface area (Å²) in [5.74, 6) is 1.37. The van der Waals surface area contributed by atoms with Crippen molar-refractivity contribution in [2.75, 3.05) is 13.1 Å². The molecule has 0 unspecified atom stereocenters. The van der Waals surface area contributed by atoms with Crippen molar-refractivity contribution in [1.29, 1.82) is 0 Å². The zero-order valence-electron chi connectivity index (χ0n) is 19.6. The lowest BCUT2D eigenvalue weighted by Crippen LogP contribution is -2.46. The first-order chi connectivity index (χ1) is 17.0. The first-order valence-corrected chi connectivity index (χ1v) is 12.7. The number of carbonyl (C=O) groups excluding carboxylic acids is 2. The third-order valence-corrected chi connectivity index (χ3v) is 7.83. The Morgan fingerprint density at radius 1 is 1.17 bits per heavy atom. The number of amides is 2. The van der Waals surface area contributed by atoms with Crippen molar-refractivity contribution in [3.8, 4) is 17.0 Å². The van der Waals surface area contributed by atoms with Gasteiger partial charge in [0.1, 0.15) is 5.69 Å². The number of benzene rings is 2. The second-order valence-electron chi connectivity index (χ2n) is 9.43. The predicted molar refractivity (Wildman–Crippen MR) is 135 cm³/mol. The number of fused-ring (bicyclic) bond motifs is 2. The summed E-state index contributed by atoms with van der Waals surface area (Å²) < 4.78 is 7.36. The molecule has 0 bridgehead atoms. The number of aromatic nitrogens is 2. The van der Waals surface area contributed by atoms with Crippen LogP contribution in [0.5, 0.6) is 5.88 Å². The first kappa shape index (κ1) is 21.9. The van der Waals surface area contributed by atoms with Gasteiger partial charge < -0.3 is 15.0 Å². The van der Waals surface area contributed by atoms with E-state index >= 15 is 0 Å². The Kier molecular flexibility index (Phi) is 5.33. The van der Waals surface area contributed by atoms with Crippen molar-refractivity contribution in [3.63, 3.8) is 0 Å². The summed E-state index contributed by atoms with van der Waals surface area (Å²) in [7, 11) is 0. The maximum Gasteiger partial charge on any atom is 0.414 e. The second-order valence-corrected chi connectivity index (χ2v) is 10.3. The van der Waals surface area contributed by atoms with Gasteiger partial charge in [0.25, 0.3) is 5.91 Å². The molecule has 2 aromatic heterocycles. The van der Waals surface area contributed by atoms with E-state index in [-0.39, 0.29) is 11.9 Å². The third kappa shape index (κ3) is 3.97. The fourth-order valence-electron chi connectivity index (χ4n) is 5.26. The average Bonchev–Trinajstić information content (AvgIpc) is 3.17. The van der Waals surface area contributed by atoms with E-state index in [1.165, 1.54) is 11.3 Å². The van der Waals surface area contributed by atoms with Crippen molar-refractivity contribution in [1.82, 2.24) is 19.6 Å². The maximum atomic E-state index is 13.7. The van der Waals surface area contributed by atoms with Crippen molar-refractivity contribution >= 4 is 28.3 Å². The molecule has 1 aliphatic heterocycles. The summed E-state index contributed by atoms with van der Waals surface area (Å²) in [6, 6.07) is 15.9. The van der Waals surface area contributed by atoms with Crippen molar-refractivity contribution in [2.45, 2.75) is 26.3 Å². The molecular weight excluding hydrogens is 460 g/mol. The minimum Gasteiger partial charge on any atom is -0.391 e. The first-order valence-electron chi connectivity index (χ1n) is 11.8. The van der Waals surface area contributed by atoms with Gasteiger partial charge in [0, 0.05) is 30.2 Å². The van der Waals surface area contributed by atoms with E-state index in [0.29, 0.717) is 35.5 Å². The molecule has 2 aromatic carbocycles. The van der Waals surface area contributed by atoms with Crippen LogP contribution >= 0.6 is 11.3 Å². The van der Waals surface area contributed by atoms with Crippen LogP contribution < -0.4 is 10.1 Å². The number of carbonyl (C=O) groups is 2. The Morgan fingerprint density at radius 3 is 2.89 bits per heavy atom. The highest BCUT2D eigenvalue weighted by atomic mass is 32.1. The summed E-state index contributed by atoms with van der Waals surface area (Å²) in [5.41, 5.74) is 4.48. The van der Waals surface area contributed by atoms with Crippen LogP contribution in [0.1, 0.15) is 28.0 Å². The molecule has 1 aliphatic carbocycles. The van der Waals surface area contributed by atoms with Gasteiger partial charge in [-0.3, -0.25) is 9.20 Å². The van der Waals surface area contributed by atoms with Crippen LogP contribution in [0.4, 0.5) is 4.79 Å². The van der Waals surface area contributed by atoms with Crippen LogP contribution in [0.15, 0.2) is 60.1 Å². The number of likely N-dealkylation sites (tertiary alicyclic amines) is 1. The Hall–Kier alpha value is -3.65. The molecule has 178 valence electrons. The molecule has 3 atom stereocenters. The highest BCUT2D eigenvalue weighted by Gasteiger charge is 2.54. The molecule has 8 heteroatoms. The molecule has 2 fully saturated rings. The fourth-order valence-corrected chi connectivity index (χ4v) is 6.01. The Balaban J connectivity index is 1.18.